The number of aromatic amines is 1. The van der Waals surface area contributed by atoms with Gasteiger partial charge in [-0.1, -0.05) is 0 Å². The van der Waals surface area contributed by atoms with E-state index >= 15 is 0 Å². The van der Waals surface area contributed by atoms with Crippen LogP contribution in [0.3, 0.4) is 0 Å². The Morgan fingerprint density at radius 2 is 1.94 bits per heavy atom. The second-order valence-corrected chi connectivity index (χ2v) is 4.80. The van der Waals surface area contributed by atoms with Crippen molar-refractivity contribution in [2.75, 3.05) is 44.2 Å². The highest BCUT2D eigenvalue weighted by Gasteiger charge is 2.16. The number of benzene rings is 1. The molecule has 2 aromatic rings. The SMILES string of the molecule is OCCN1CCN(c2ccc3[nH]ccc3c2)CC1. The van der Waals surface area contributed by atoms with Crippen LogP contribution in [0, 0.1) is 0 Å². The number of hydrogen-bond donors (Lipinski definition) is 2. The maximum absolute atomic E-state index is 8.94. The number of β-amino-alcohol motifs (C(OH)–C–C–N with tert-alkyl or cyclic N) is 1. The summed E-state index contributed by atoms with van der Waals surface area (Å²) < 4.78 is 0. The van der Waals surface area contributed by atoms with Gasteiger partial charge in [0.2, 0.25) is 0 Å². The summed E-state index contributed by atoms with van der Waals surface area (Å²) in [5.74, 6) is 0. The average Bonchev–Trinajstić information content (AvgIpc) is 2.87. The first kappa shape index (κ1) is 11.6. The summed E-state index contributed by atoms with van der Waals surface area (Å²) in [6.45, 7) is 5.20. The largest absolute Gasteiger partial charge is 0.395 e. The van der Waals surface area contributed by atoms with Crippen molar-refractivity contribution in [2.24, 2.45) is 0 Å². The number of hydrogen-bond acceptors (Lipinski definition) is 3. The molecule has 0 aliphatic carbocycles. The van der Waals surface area contributed by atoms with Gasteiger partial charge in [-0.15, -0.1) is 0 Å². The van der Waals surface area contributed by atoms with Crippen LogP contribution in [0.4, 0.5) is 5.69 Å². The zero-order valence-corrected chi connectivity index (χ0v) is 10.5. The van der Waals surface area contributed by atoms with Crippen molar-refractivity contribution in [3.05, 3.63) is 30.5 Å². The number of aliphatic hydroxyl groups excluding tert-OH is 1. The Balaban J connectivity index is 1.71. The average molecular weight is 245 g/mol. The van der Waals surface area contributed by atoms with Crippen molar-refractivity contribution in [1.82, 2.24) is 9.88 Å². The van der Waals surface area contributed by atoms with Crippen LogP contribution in [-0.4, -0.2) is 54.3 Å². The minimum Gasteiger partial charge on any atom is -0.395 e. The van der Waals surface area contributed by atoms with Crippen molar-refractivity contribution in [3.8, 4) is 0 Å². The Hall–Kier alpha value is -1.52. The molecule has 1 saturated heterocycles. The van der Waals surface area contributed by atoms with E-state index in [0.717, 1.165) is 32.7 Å². The van der Waals surface area contributed by atoms with Gasteiger partial charge in [0.25, 0.3) is 0 Å². The predicted molar refractivity (Wildman–Crippen MR) is 74.0 cm³/mol. The van der Waals surface area contributed by atoms with Crippen LogP contribution in [0.5, 0.6) is 0 Å². The van der Waals surface area contributed by atoms with Gasteiger partial charge in [0.15, 0.2) is 0 Å². The molecular weight excluding hydrogens is 226 g/mol. The van der Waals surface area contributed by atoms with Crippen LogP contribution in [0.2, 0.25) is 0 Å². The van der Waals surface area contributed by atoms with E-state index in [1.807, 2.05) is 6.20 Å². The molecule has 1 aliphatic heterocycles. The van der Waals surface area contributed by atoms with Crippen LogP contribution in [0.1, 0.15) is 0 Å². The quantitative estimate of drug-likeness (QED) is 0.856. The summed E-state index contributed by atoms with van der Waals surface area (Å²) in [6.07, 6.45) is 1.98. The fourth-order valence-corrected chi connectivity index (χ4v) is 2.61. The van der Waals surface area contributed by atoms with E-state index in [0.29, 0.717) is 0 Å². The molecule has 0 unspecified atom stereocenters. The molecule has 96 valence electrons. The van der Waals surface area contributed by atoms with Crippen molar-refractivity contribution < 1.29 is 5.11 Å². The maximum atomic E-state index is 8.94. The molecule has 1 aliphatic rings. The highest BCUT2D eigenvalue weighted by molar-refractivity contribution is 5.83. The molecule has 0 spiro atoms. The number of nitrogens with one attached hydrogen (secondary N) is 1. The molecule has 18 heavy (non-hydrogen) atoms. The van der Waals surface area contributed by atoms with Gasteiger partial charge in [0, 0.05) is 55.5 Å². The van der Waals surface area contributed by atoms with E-state index in [9.17, 15) is 0 Å². The normalized spacial score (nSPS) is 17.5. The first-order valence-electron chi connectivity index (χ1n) is 6.52. The minimum atomic E-state index is 0.259. The maximum Gasteiger partial charge on any atom is 0.0558 e. The Morgan fingerprint density at radius 1 is 1.11 bits per heavy atom. The van der Waals surface area contributed by atoms with Crippen molar-refractivity contribution in [3.63, 3.8) is 0 Å². The topological polar surface area (TPSA) is 42.5 Å². The van der Waals surface area contributed by atoms with E-state index in [1.54, 1.807) is 0 Å². The summed E-state index contributed by atoms with van der Waals surface area (Å²) in [7, 11) is 0. The first-order chi connectivity index (χ1) is 8.86. The lowest BCUT2D eigenvalue weighted by atomic mass is 10.2. The standard InChI is InChI=1S/C14H19N3O/c18-10-9-16-5-7-17(8-6-16)13-1-2-14-12(11-13)3-4-15-14/h1-4,11,15,18H,5-10H2. The molecule has 4 heteroatoms. The zero-order valence-electron chi connectivity index (χ0n) is 10.5. The number of aliphatic hydroxyl groups is 1. The lowest BCUT2D eigenvalue weighted by Crippen LogP contribution is -2.47. The van der Waals surface area contributed by atoms with Crippen LogP contribution in [-0.2, 0) is 0 Å². The van der Waals surface area contributed by atoms with Gasteiger partial charge in [-0.3, -0.25) is 4.90 Å². The van der Waals surface area contributed by atoms with Gasteiger partial charge in [0.05, 0.1) is 6.61 Å². The molecule has 0 radical (unpaired) electrons. The van der Waals surface area contributed by atoms with Crippen LogP contribution < -0.4 is 4.90 Å². The van der Waals surface area contributed by atoms with Crippen molar-refractivity contribution >= 4 is 16.6 Å². The summed E-state index contributed by atoms with van der Waals surface area (Å²) in [5.41, 5.74) is 2.49. The van der Waals surface area contributed by atoms with Gasteiger partial charge in [-0.05, 0) is 24.3 Å². The summed E-state index contributed by atoms with van der Waals surface area (Å²) in [4.78, 5) is 7.95. The second kappa shape index (κ2) is 5.00. The Labute approximate surface area is 107 Å². The molecule has 2 heterocycles. The second-order valence-electron chi connectivity index (χ2n) is 4.80. The van der Waals surface area contributed by atoms with Crippen LogP contribution >= 0.6 is 0 Å². The van der Waals surface area contributed by atoms with Gasteiger partial charge < -0.3 is 15.0 Å². The number of anilines is 1. The van der Waals surface area contributed by atoms with Crippen molar-refractivity contribution in [1.29, 1.82) is 0 Å². The molecule has 0 bridgehead atoms. The highest BCUT2D eigenvalue weighted by atomic mass is 16.3. The lowest BCUT2D eigenvalue weighted by Gasteiger charge is -2.35. The summed E-state index contributed by atoms with van der Waals surface area (Å²) >= 11 is 0. The number of aromatic nitrogens is 1. The van der Waals surface area contributed by atoms with E-state index in [2.05, 4.69) is 39.0 Å². The number of piperazine rings is 1. The molecule has 3 rings (SSSR count). The Kier molecular flexibility index (Phi) is 3.21. The lowest BCUT2D eigenvalue weighted by molar-refractivity contribution is 0.189. The van der Waals surface area contributed by atoms with Crippen LogP contribution in [0.25, 0.3) is 10.9 Å². The first-order valence-corrected chi connectivity index (χ1v) is 6.52. The zero-order chi connectivity index (χ0) is 12.4. The molecule has 0 saturated carbocycles. The van der Waals surface area contributed by atoms with Gasteiger partial charge in [-0.25, -0.2) is 0 Å². The fourth-order valence-electron chi connectivity index (χ4n) is 2.61. The number of fused-ring (bicyclic) bond motifs is 1. The molecule has 0 atom stereocenters. The number of nitrogens with zero attached hydrogens (tertiary/aromatic N) is 2. The molecule has 2 N–H and O–H groups in total. The monoisotopic (exact) mass is 245 g/mol. The number of H-pyrrole nitrogens is 1. The Bertz CT molecular complexity index is 514. The predicted octanol–water partition coefficient (Wildman–Crippen LogP) is 1.28. The highest BCUT2D eigenvalue weighted by Crippen LogP contribution is 2.22. The molecule has 1 aromatic heterocycles. The molecule has 0 amide bonds. The van der Waals surface area contributed by atoms with Gasteiger partial charge >= 0.3 is 0 Å². The van der Waals surface area contributed by atoms with E-state index < -0.39 is 0 Å². The smallest absolute Gasteiger partial charge is 0.0558 e. The molecule has 4 nitrogen and oxygen atoms in total. The Morgan fingerprint density at radius 3 is 2.72 bits per heavy atom. The minimum absolute atomic E-state index is 0.259. The number of rotatable bonds is 3. The molecular formula is C14H19N3O. The van der Waals surface area contributed by atoms with Gasteiger partial charge in [0.1, 0.15) is 0 Å². The molecule has 1 aromatic carbocycles. The summed E-state index contributed by atoms with van der Waals surface area (Å²) in [5, 5.41) is 10.2. The van der Waals surface area contributed by atoms with E-state index in [4.69, 9.17) is 5.11 Å². The van der Waals surface area contributed by atoms with E-state index in [-0.39, 0.29) is 6.61 Å². The molecule has 1 fully saturated rings. The third kappa shape index (κ3) is 2.21. The third-order valence-electron chi connectivity index (χ3n) is 3.69. The fraction of sp³-hybridized carbons (Fsp3) is 0.429. The summed E-state index contributed by atoms with van der Waals surface area (Å²) in [6, 6.07) is 8.68. The van der Waals surface area contributed by atoms with Crippen LogP contribution in [0.15, 0.2) is 30.5 Å². The van der Waals surface area contributed by atoms with E-state index in [1.165, 1.54) is 16.6 Å². The van der Waals surface area contributed by atoms with Gasteiger partial charge in [-0.2, -0.15) is 0 Å². The van der Waals surface area contributed by atoms with Crippen molar-refractivity contribution in [2.45, 2.75) is 0 Å². The third-order valence-corrected chi connectivity index (χ3v) is 3.69.